The Morgan fingerprint density at radius 3 is 2.67 bits per heavy atom. The zero-order chi connectivity index (χ0) is 22.6. The number of fused-ring (bicyclic) bond motifs is 1. The van der Waals surface area contributed by atoms with E-state index in [-0.39, 0.29) is 11.9 Å². The molecule has 1 aromatic heterocycles. The number of nitrogens with one attached hydrogen (secondary N) is 3. The second-order valence-corrected chi connectivity index (χ2v) is 8.35. The predicted octanol–water partition coefficient (Wildman–Crippen LogP) is 5.15. The number of hydrogen-bond acceptors (Lipinski definition) is 2. The third-order valence-corrected chi connectivity index (χ3v) is 6.13. The van der Waals surface area contributed by atoms with E-state index in [9.17, 15) is 9.59 Å². The van der Waals surface area contributed by atoms with Crippen LogP contribution in [0.4, 0.5) is 10.5 Å². The fourth-order valence-electron chi connectivity index (χ4n) is 4.39. The highest BCUT2D eigenvalue weighted by molar-refractivity contribution is 5.95. The van der Waals surface area contributed by atoms with E-state index in [0.717, 1.165) is 34.0 Å². The smallest absolute Gasteiger partial charge is 0.322 e. The number of carbonyl (C=O) groups excluding carboxylic acids is 2. The fraction of sp³-hybridized carbons (Fsp3) is 0.185. The Kier molecular flexibility index (Phi) is 5.81. The van der Waals surface area contributed by atoms with E-state index < -0.39 is 6.04 Å². The maximum atomic E-state index is 13.0. The number of nitrogens with zero attached hydrogens (tertiary/aromatic N) is 1. The minimum atomic E-state index is -0.451. The maximum Gasteiger partial charge on any atom is 0.322 e. The molecule has 1 aliphatic heterocycles. The SMILES string of the molecule is O=C(NCc1ccccc1)C1CCCN1C(=O)Nc1cccc(-c2ccc3[nH]ccc3c2)c1. The number of amides is 3. The van der Waals surface area contributed by atoms with Crippen molar-refractivity contribution in [3.63, 3.8) is 0 Å². The van der Waals surface area contributed by atoms with Crippen molar-refractivity contribution in [2.45, 2.75) is 25.4 Å². The number of H-pyrrole nitrogens is 1. The molecule has 0 radical (unpaired) electrons. The predicted molar refractivity (Wildman–Crippen MR) is 131 cm³/mol. The van der Waals surface area contributed by atoms with Gasteiger partial charge in [0.25, 0.3) is 0 Å². The first kappa shape index (κ1) is 20.8. The Hall–Kier alpha value is -4.06. The summed E-state index contributed by atoms with van der Waals surface area (Å²) in [6.45, 7) is 1.03. The zero-order valence-corrected chi connectivity index (χ0v) is 18.3. The van der Waals surface area contributed by atoms with Gasteiger partial charge in [-0.2, -0.15) is 0 Å². The van der Waals surface area contributed by atoms with E-state index in [4.69, 9.17) is 0 Å². The number of carbonyl (C=O) groups is 2. The number of urea groups is 1. The van der Waals surface area contributed by atoms with Gasteiger partial charge >= 0.3 is 6.03 Å². The standard InChI is InChI=1S/C27H26N4O2/c32-26(29-18-19-6-2-1-3-7-19)25-10-5-15-31(25)27(33)30-23-9-4-8-20(17-23)21-11-12-24-22(16-21)13-14-28-24/h1-4,6-9,11-14,16-17,25,28H,5,10,15,18H2,(H,29,32)(H,30,33). The van der Waals surface area contributed by atoms with Crippen LogP contribution in [0.3, 0.4) is 0 Å². The molecule has 0 spiro atoms. The van der Waals surface area contributed by atoms with Gasteiger partial charge in [0.2, 0.25) is 5.91 Å². The molecule has 33 heavy (non-hydrogen) atoms. The third kappa shape index (κ3) is 4.60. The molecule has 0 bridgehead atoms. The number of anilines is 1. The largest absolute Gasteiger partial charge is 0.361 e. The molecule has 3 N–H and O–H groups in total. The molecule has 1 unspecified atom stereocenters. The van der Waals surface area contributed by atoms with Crippen LogP contribution in [0.1, 0.15) is 18.4 Å². The molecule has 6 nitrogen and oxygen atoms in total. The summed E-state index contributed by atoms with van der Waals surface area (Å²) >= 11 is 0. The van der Waals surface area contributed by atoms with Crippen molar-refractivity contribution in [3.8, 4) is 11.1 Å². The highest BCUT2D eigenvalue weighted by Crippen LogP contribution is 2.27. The molecular formula is C27H26N4O2. The molecule has 1 fully saturated rings. The quantitative estimate of drug-likeness (QED) is 0.403. The van der Waals surface area contributed by atoms with Gasteiger partial charge < -0.3 is 20.5 Å². The summed E-state index contributed by atoms with van der Waals surface area (Å²) in [6.07, 6.45) is 3.41. The number of likely N-dealkylation sites (tertiary alicyclic amines) is 1. The summed E-state index contributed by atoms with van der Waals surface area (Å²) in [5.41, 5.74) is 4.94. The summed E-state index contributed by atoms with van der Waals surface area (Å²) in [5.74, 6) is -0.111. The summed E-state index contributed by atoms with van der Waals surface area (Å²) in [6, 6.07) is 25.2. The lowest BCUT2D eigenvalue weighted by molar-refractivity contribution is -0.124. The topological polar surface area (TPSA) is 77.2 Å². The van der Waals surface area contributed by atoms with Gasteiger partial charge in [-0.25, -0.2) is 4.79 Å². The van der Waals surface area contributed by atoms with Gasteiger partial charge in [0.15, 0.2) is 0 Å². The van der Waals surface area contributed by atoms with E-state index in [1.54, 1.807) is 4.90 Å². The molecule has 0 saturated carbocycles. The van der Waals surface area contributed by atoms with Crippen molar-refractivity contribution in [1.29, 1.82) is 0 Å². The van der Waals surface area contributed by atoms with Crippen LogP contribution in [0.25, 0.3) is 22.0 Å². The van der Waals surface area contributed by atoms with Crippen LogP contribution in [0.15, 0.2) is 85.1 Å². The second-order valence-electron chi connectivity index (χ2n) is 8.35. The van der Waals surface area contributed by atoms with Crippen molar-refractivity contribution >= 4 is 28.5 Å². The first-order valence-electron chi connectivity index (χ1n) is 11.2. The van der Waals surface area contributed by atoms with Crippen LogP contribution in [-0.2, 0) is 11.3 Å². The average Bonchev–Trinajstić information content (AvgIpc) is 3.53. The van der Waals surface area contributed by atoms with Crippen molar-refractivity contribution in [1.82, 2.24) is 15.2 Å². The molecule has 3 aromatic carbocycles. The highest BCUT2D eigenvalue weighted by Gasteiger charge is 2.34. The van der Waals surface area contributed by atoms with E-state index in [0.29, 0.717) is 25.2 Å². The van der Waals surface area contributed by atoms with Crippen LogP contribution in [0, 0.1) is 0 Å². The number of aromatic amines is 1. The minimum absolute atomic E-state index is 0.111. The number of benzene rings is 3. The Morgan fingerprint density at radius 1 is 0.939 bits per heavy atom. The van der Waals surface area contributed by atoms with E-state index in [2.05, 4.69) is 33.8 Å². The molecule has 166 valence electrons. The van der Waals surface area contributed by atoms with Gasteiger partial charge in [0, 0.05) is 30.5 Å². The number of rotatable bonds is 5. The summed E-state index contributed by atoms with van der Waals surface area (Å²) in [7, 11) is 0. The van der Waals surface area contributed by atoms with Crippen molar-refractivity contribution in [2.24, 2.45) is 0 Å². The molecule has 0 aliphatic carbocycles. The average molecular weight is 439 g/mol. The van der Waals surface area contributed by atoms with Gasteiger partial charge in [0.1, 0.15) is 6.04 Å². The molecule has 6 heteroatoms. The minimum Gasteiger partial charge on any atom is -0.361 e. The van der Waals surface area contributed by atoms with Gasteiger partial charge in [-0.15, -0.1) is 0 Å². The molecule has 2 heterocycles. The van der Waals surface area contributed by atoms with Crippen LogP contribution >= 0.6 is 0 Å². The second kappa shape index (κ2) is 9.20. The Morgan fingerprint density at radius 2 is 1.79 bits per heavy atom. The number of hydrogen-bond donors (Lipinski definition) is 3. The Labute approximate surface area is 192 Å². The third-order valence-electron chi connectivity index (χ3n) is 6.13. The monoisotopic (exact) mass is 438 g/mol. The summed E-state index contributed by atoms with van der Waals surface area (Å²) < 4.78 is 0. The molecule has 5 rings (SSSR count). The van der Waals surface area contributed by atoms with Gasteiger partial charge in [-0.3, -0.25) is 4.79 Å². The molecule has 4 aromatic rings. The van der Waals surface area contributed by atoms with Crippen molar-refractivity contribution in [2.75, 3.05) is 11.9 Å². The summed E-state index contributed by atoms with van der Waals surface area (Å²) in [5, 5.41) is 7.10. The van der Waals surface area contributed by atoms with Crippen molar-refractivity contribution < 1.29 is 9.59 Å². The molecule has 1 atom stereocenters. The van der Waals surface area contributed by atoms with E-state index >= 15 is 0 Å². The first-order chi connectivity index (χ1) is 16.2. The van der Waals surface area contributed by atoms with E-state index in [1.807, 2.05) is 66.9 Å². The molecule has 3 amide bonds. The first-order valence-corrected chi connectivity index (χ1v) is 11.2. The highest BCUT2D eigenvalue weighted by atomic mass is 16.2. The normalized spacial score (nSPS) is 15.5. The van der Waals surface area contributed by atoms with Crippen LogP contribution in [-0.4, -0.2) is 34.4 Å². The Bertz CT molecular complexity index is 1280. The van der Waals surface area contributed by atoms with Gasteiger partial charge in [-0.1, -0.05) is 48.5 Å². The van der Waals surface area contributed by atoms with Crippen LogP contribution in [0.5, 0.6) is 0 Å². The zero-order valence-electron chi connectivity index (χ0n) is 18.3. The van der Waals surface area contributed by atoms with Gasteiger partial charge in [0.05, 0.1) is 0 Å². The molecule has 1 saturated heterocycles. The summed E-state index contributed by atoms with van der Waals surface area (Å²) in [4.78, 5) is 30.6. The fourth-order valence-corrected chi connectivity index (χ4v) is 4.39. The lowest BCUT2D eigenvalue weighted by Crippen LogP contribution is -2.47. The van der Waals surface area contributed by atoms with Gasteiger partial charge in [-0.05, 0) is 65.3 Å². The lowest BCUT2D eigenvalue weighted by Gasteiger charge is -2.24. The number of aromatic nitrogens is 1. The van der Waals surface area contributed by atoms with Crippen molar-refractivity contribution in [3.05, 3.63) is 90.6 Å². The Balaban J connectivity index is 1.25. The maximum absolute atomic E-state index is 13.0. The van der Waals surface area contributed by atoms with Crippen LogP contribution in [0.2, 0.25) is 0 Å². The van der Waals surface area contributed by atoms with Crippen LogP contribution < -0.4 is 10.6 Å². The lowest BCUT2D eigenvalue weighted by atomic mass is 10.0. The molecular weight excluding hydrogens is 412 g/mol. The molecule has 1 aliphatic rings. The van der Waals surface area contributed by atoms with E-state index in [1.165, 1.54) is 0 Å².